The lowest BCUT2D eigenvalue weighted by atomic mass is 10.0. The van der Waals surface area contributed by atoms with Crippen LogP contribution in [0.2, 0.25) is 0 Å². The summed E-state index contributed by atoms with van der Waals surface area (Å²) in [6.07, 6.45) is 3.69. The Morgan fingerprint density at radius 1 is 0.806 bits per heavy atom. The third-order valence-electron chi connectivity index (χ3n) is 7.32. The fourth-order valence-electron chi connectivity index (χ4n) is 5.08. The Bertz CT molecular complexity index is 1470. The van der Waals surface area contributed by atoms with Gasteiger partial charge >= 0.3 is 0 Å². The molecular formula is C27H30N6O2S. The number of aromatic nitrogens is 3. The van der Waals surface area contributed by atoms with Gasteiger partial charge in [0.1, 0.15) is 0 Å². The number of sulfonamides is 1. The number of fused-ring (bicyclic) bond motifs is 1. The molecule has 0 saturated carbocycles. The van der Waals surface area contributed by atoms with Gasteiger partial charge in [-0.3, -0.25) is 5.10 Å². The van der Waals surface area contributed by atoms with Crippen LogP contribution in [0.25, 0.3) is 33.4 Å². The van der Waals surface area contributed by atoms with Gasteiger partial charge in [-0.05, 0) is 55.8 Å². The van der Waals surface area contributed by atoms with Gasteiger partial charge in [-0.1, -0.05) is 24.3 Å². The highest BCUT2D eigenvalue weighted by atomic mass is 32.2. The molecule has 0 radical (unpaired) electrons. The molecule has 1 N–H and O–H groups in total. The molecule has 0 unspecified atom stereocenters. The minimum absolute atomic E-state index is 0.330. The topological polar surface area (TPSA) is 85.4 Å². The predicted octanol–water partition coefficient (Wildman–Crippen LogP) is 3.83. The van der Waals surface area contributed by atoms with E-state index in [9.17, 15) is 8.42 Å². The zero-order valence-electron chi connectivity index (χ0n) is 20.4. The third-order valence-corrected chi connectivity index (χ3v) is 9.24. The second-order valence-electron chi connectivity index (χ2n) is 9.67. The van der Waals surface area contributed by atoms with E-state index >= 15 is 0 Å². The minimum Gasteiger partial charge on any atom is -0.369 e. The fourth-order valence-corrected chi connectivity index (χ4v) is 6.60. The van der Waals surface area contributed by atoms with Crippen molar-refractivity contribution < 1.29 is 8.42 Å². The summed E-state index contributed by atoms with van der Waals surface area (Å²) in [6, 6.07) is 17.8. The molecule has 36 heavy (non-hydrogen) atoms. The number of hydrogen-bond acceptors (Lipinski definition) is 6. The van der Waals surface area contributed by atoms with Crippen LogP contribution in [0.5, 0.6) is 0 Å². The van der Waals surface area contributed by atoms with Gasteiger partial charge in [-0.15, -0.1) is 0 Å². The van der Waals surface area contributed by atoms with Crippen LogP contribution >= 0.6 is 0 Å². The number of rotatable bonds is 5. The number of anilines is 1. The molecule has 8 nitrogen and oxygen atoms in total. The highest BCUT2D eigenvalue weighted by Gasteiger charge is 2.27. The molecule has 0 spiro atoms. The average Bonchev–Trinajstić information content (AvgIpc) is 3.60. The number of hydrogen-bond donors (Lipinski definition) is 1. The SMILES string of the molecule is CN1CCN(c2ccc(-c3cnc4n[nH]c(-c5ccc(S(=O)(=O)N6CCCC6)cc5)c4c3)cc2)CC1. The number of benzene rings is 2. The van der Waals surface area contributed by atoms with E-state index in [2.05, 4.69) is 62.4 Å². The van der Waals surface area contributed by atoms with Gasteiger partial charge in [-0.25, -0.2) is 13.4 Å². The van der Waals surface area contributed by atoms with Gasteiger partial charge in [0, 0.05) is 67.7 Å². The molecule has 2 saturated heterocycles. The third kappa shape index (κ3) is 4.27. The Morgan fingerprint density at radius 2 is 1.47 bits per heavy atom. The van der Waals surface area contributed by atoms with Crippen LogP contribution in [0, 0.1) is 0 Å². The molecule has 4 heterocycles. The van der Waals surface area contributed by atoms with Gasteiger partial charge in [0.25, 0.3) is 0 Å². The molecule has 0 atom stereocenters. The maximum atomic E-state index is 12.9. The molecule has 0 bridgehead atoms. The molecule has 2 aliphatic rings. The number of piperazine rings is 1. The molecule has 186 valence electrons. The summed E-state index contributed by atoms with van der Waals surface area (Å²) in [4.78, 5) is 9.68. The van der Waals surface area contributed by atoms with E-state index in [0.717, 1.165) is 66.8 Å². The number of pyridine rings is 1. The summed E-state index contributed by atoms with van der Waals surface area (Å²) in [5, 5.41) is 8.38. The molecule has 2 aromatic heterocycles. The van der Waals surface area contributed by atoms with Crippen molar-refractivity contribution in [1.29, 1.82) is 0 Å². The zero-order chi connectivity index (χ0) is 24.7. The maximum Gasteiger partial charge on any atom is 0.243 e. The second kappa shape index (κ2) is 9.31. The van der Waals surface area contributed by atoms with Crippen molar-refractivity contribution in [1.82, 2.24) is 24.4 Å². The molecule has 2 aliphatic heterocycles. The van der Waals surface area contributed by atoms with Gasteiger partial charge in [-0.2, -0.15) is 9.40 Å². The normalized spacial score (nSPS) is 17.8. The van der Waals surface area contributed by atoms with Crippen LogP contribution in [-0.4, -0.2) is 79.1 Å². The predicted molar refractivity (Wildman–Crippen MR) is 142 cm³/mol. The van der Waals surface area contributed by atoms with Gasteiger partial charge in [0.2, 0.25) is 10.0 Å². The van der Waals surface area contributed by atoms with Crippen molar-refractivity contribution in [3.8, 4) is 22.4 Å². The first kappa shape index (κ1) is 23.1. The Hall–Kier alpha value is -3.27. The molecule has 0 aliphatic carbocycles. The Morgan fingerprint density at radius 3 is 2.17 bits per heavy atom. The Balaban J connectivity index is 1.27. The lowest BCUT2D eigenvalue weighted by Crippen LogP contribution is -2.44. The number of aromatic amines is 1. The van der Waals surface area contributed by atoms with E-state index in [1.807, 2.05) is 18.3 Å². The highest BCUT2D eigenvalue weighted by molar-refractivity contribution is 7.89. The summed E-state index contributed by atoms with van der Waals surface area (Å²) in [5.41, 5.74) is 5.70. The monoisotopic (exact) mass is 502 g/mol. The number of likely N-dealkylation sites (N-methyl/N-ethyl adjacent to an activating group) is 1. The van der Waals surface area contributed by atoms with Crippen LogP contribution < -0.4 is 4.90 Å². The van der Waals surface area contributed by atoms with Crippen LogP contribution in [-0.2, 0) is 10.0 Å². The van der Waals surface area contributed by atoms with Crippen molar-refractivity contribution in [2.75, 3.05) is 51.2 Å². The summed E-state index contributed by atoms with van der Waals surface area (Å²) < 4.78 is 27.3. The number of H-pyrrole nitrogens is 1. The molecule has 2 fully saturated rings. The van der Waals surface area contributed by atoms with Gasteiger partial charge in [0.05, 0.1) is 10.6 Å². The van der Waals surface area contributed by atoms with Crippen LogP contribution in [0.1, 0.15) is 12.8 Å². The minimum atomic E-state index is -3.43. The Labute approximate surface area is 211 Å². The van der Waals surface area contributed by atoms with E-state index in [1.165, 1.54) is 5.69 Å². The van der Waals surface area contributed by atoms with Crippen molar-refractivity contribution in [3.63, 3.8) is 0 Å². The average molecular weight is 503 g/mol. The molecule has 2 aromatic carbocycles. The van der Waals surface area contributed by atoms with E-state index in [0.29, 0.717) is 23.6 Å². The zero-order valence-corrected chi connectivity index (χ0v) is 21.2. The first-order valence-electron chi connectivity index (χ1n) is 12.5. The van der Waals surface area contributed by atoms with E-state index in [4.69, 9.17) is 0 Å². The van der Waals surface area contributed by atoms with Crippen LogP contribution in [0.15, 0.2) is 65.7 Å². The molecular weight excluding hydrogens is 472 g/mol. The smallest absolute Gasteiger partial charge is 0.243 e. The van der Waals surface area contributed by atoms with Crippen LogP contribution in [0.3, 0.4) is 0 Å². The lowest BCUT2D eigenvalue weighted by molar-refractivity contribution is 0.313. The summed E-state index contributed by atoms with van der Waals surface area (Å²) in [6.45, 7) is 5.44. The van der Waals surface area contributed by atoms with E-state index in [-0.39, 0.29) is 0 Å². The van der Waals surface area contributed by atoms with E-state index < -0.39 is 10.0 Å². The highest BCUT2D eigenvalue weighted by Crippen LogP contribution is 2.31. The Kier molecular flexibility index (Phi) is 5.99. The molecule has 9 heteroatoms. The second-order valence-corrected chi connectivity index (χ2v) is 11.6. The van der Waals surface area contributed by atoms with Crippen molar-refractivity contribution in [2.45, 2.75) is 17.7 Å². The van der Waals surface area contributed by atoms with Crippen molar-refractivity contribution in [3.05, 3.63) is 60.8 Å². The maximum absolute atomic E-state index is 12.9. The van der Waals surface area contributed by atoms with Crippen molar-refractivity contribution in [2.24, 2.45) is 0 Å². The molecule has 0 amide bonds. The van der Waals surface area contributed by atoms with Crippen LogP contribution in [0.4, 0.5) is 5.69 Å². The first-order chi connectivity index (χ1) is 17.5. The fraction of sp³-hybridized carbons (Fsp3) is 0.333. The van der Waals surface area contributed by atoms with E-state index in [1.54, 1.807) is 16.4 Å². The largest absolute Gasteiger partial charge is 0.369 e. The summed E-state index contributed by atoms with van der Waals surface area (Å²) >= 11 is 0. The van der Waals surface area contributed by atoms with Gasteiger partial charge < -0.3 is 9.80 Å². The quantitative estimate of drug-likeness (QED) is 0.447. The summed E-state index contributed by atoms with van der Waals surface area (Å²) in [5.74, 6) is 0. The molecule has 6 rings (SSSR count). The number of nitrogens with one attached hydrogen (secondary N) is 1. The van der Waals surface area contributed by atoms with Crippen molar-refractivity contribution >= 4 is 26.7 Å². The number of nitrogens with zero attached hydrogens (tertiary/aromatic N) is 5. The summed E-state index contributed by atoms with van der Waals surface area (Å²) in [7, 11) is -1.27. The standard InChI is InChI=1S/C27H30N6O2S/c1-31-14-16-32(17-15-31)23-8-4-20(5-9-23)22-18-25-26(29-30-27(25)28-19-22)21-6-10-24(11-7-21)36(34,35)33-12-2-3-13-33/h4-11,18-19H,2-3,12-17H2,1H3,(H,28,29,30). The van der Waals surface area contributed by atoms with Gasteiger partial charge in [0.15, 0.2) is 5.65 Å². The molecule has 4 aromatic rings. The first-order valence-corrected chi connectivity index (χ1v) is 13.9. The lowest BCUT2D eigenvalue weighted by Gasteiger charge is -2.34.